The molecular formula is C8H5BrF3NO2. The first kappa shape index (κ1) is 12.0. The zero-order valence-corrected chi connectivity index (χ0v) is 8.75. The summed E-state index contributed by atoms with van der Waals surface area (Å²) in [5, 5.41) is 10.3. The van der Waals surface area contributed by atoms with Crippen LogP contribution in [0.4, 0.5) is 18.9 Å². The van der Waals surface area contributed by atoms with E-state index in [4.69, 9.17) is 0 Å². The molecule has 3 nitrogen and oxygen atoms in total. The second-order valence-electron chi connectivity index (χ2n) is 2.76. The molecule has 1 rings (SSSR count). The van der Waals surface area contributed by atoms with Crippen LogP contribution in [0.2, 0.25) is 0 Å². The molecule has 7 heteroatoms. The first-order chi connectivity index (χ1) is 6.82. The van der Waals surface area contributed by atoms with Gasteiger partial charge in [0.25, 0.3) is 5.69 Å². The zero-order valence-electron chi connectivity index (χ0n) is 7.16. The number of benzene rings is 1. The number of hydrogen-bond acceptors (Lipinski definition) is 2. The van der Waals surface area contributed by atoms with Crippen molar-refractivity contribution in [2.75, 3.05) is 0 Å². The van der Waals surface area contributed by atoms with E-state index in [-0.39, 0.29) is 11.3 Å². The van der Waals surface area contributed by atoms with Crippen LogP contribution in [0.3, 0.4) is 0 Å². The third-order valence-corrected chi connectivity index (χ3v) is 2.71. The number of nitrogens with zero attached hydrogens (tertiary/aromatic N) is 1. The zero-order chi connectivity index (χ0) is 11.6. The van der Waals surface area contributed by atoms with Crippen molar-refractivity contribution in [3.8, 4) is 0 Å². The quantitative estimate of drug-likeness (QED) is 0.473. The molecule has 0 aliphatic rings. The van der Waals surface area contributed by atoms with Crippen LogP contribution in [0.15, 0.2) is 24.3 Å². The predicted octanol–water partition coefficient (Wildman–Crippen LogP) is 3.59. The summed E-state index contributed by atoms with van der Waals surface area (Å²) in [5.41, 5.74) is -0.544. The average Bonchev–Trinajstić information content (AvgIpc) is 2.15. The highest BCUT2D eigenvalue weighted by molar-refractivity contribution is 9.09. The minimum Gasteiger partial charge on any atom is -0.258 e. The summed E-state index contributed by atoms with van der Waals surface area (Å²) in [5.74, 6) is 0. The number of nitro groups is 1. The second kappa shape index (κ2) is 4.18. The third-order valence-electron chi connectivity index (χ3n) is 1.66. The lowest BCUT2D eigenvalue weighted by atomic mass is 10.1. The van der Waals surface area contributed by atoms with Crippen LogP contribution in [0.5, 0.6) is 0 Å². The van der Waals surface area contributed by atoms with Crippen LogP contribution in [0.25, 0.3) is 0 Å². The molecule has 0 heterocycles. The van der Waals surface area contributed by atoms with Crippen molar-refractivity contribution in [1.82, 2.24) is 0 Å². The number of alkyl halides is 4. The summed E-state index contributed by atoms with van der Waals surface area (Å²) < 4.78 is 36.8. The fraction of sp³-hybridized carbons (Fsp3) is 0.250. The average molecular weight is 284 g/mol. The number of non-ortho nitro benzene ring substituents is 1. The maximum absolute atomic E-state index is 12.3. The fourth-order valence-electron chi connectivity index (χ4n) is 0.985. The molecule has 82 valence electrons. The molecule has 0 spiro atoms. The molecule has 0 aliphatic heterocycles. The Balaban J connectivity index is 3.06. The lowest BCUT2D eigenvalue weighted by Crippen LogP contribution is -2.15. The third kappa shape index (κ3) is 2.92. The maximum atomic E-state index is 12.3. The van der Waals surface area contributed by atoms with Crippen molar-refractivity contribution < 1.29 is 18.1 Å². The highest BCUT2D eigenvalue weighted by atomic mass is 79.9. The molecule has 0 amide bonds. The number of rotatable bonds is 2. The topological polar surface area (TPSA) is 43.1 Å². The van der Waals surface area contributed by atoms with Gasteiger partial charge in [-0.2, -0.15) is 13.2 Å². The summed E-state index contributed by atoms with van der Waals surface area (Å²) in [7, 11) is 0. The summed E-state index contributed by atoms with van der Waals surface area (Å²) in [6.45, 7) is 0. The molecule has 0 aromatic heterocycles. The Morgan fingerprint density at radius 1 is 1.40 bits per heavy atom. The fourth-order valence-corrected chi connectivity index (χ4v) is 1.27. The van der Waals surface area contributed by atoms with Gasteiger partial charge in [0.2, 0.25) is 0 Å². The number of hydrogen-bond donors (Lipinski definition) is 0. The van der Waals surface area contributed by atoms with Gasteiger partial charge in [-0.1, -0.05) is 28.1 Å². The van der Waals surface area contributed by atoms with Crippen LogP contribution < -0.4 is 0 Å². The predicted molar refractivity (Wildman–Crippen MR) is 50.8 cm³/mol. The van der Waals surface area contributed by atoms with Gasteiger partial charge >= 0.3 is 6.18 Å². The number of halogens is 4. The molecule has 0 saturated carbocycles. The van der Waals surface area contributed by atoms with E-state index in [1.54, 1.807) is 0 Å². The first-order valence-electron chi connectivity index (χ1n) is 3.77. The normalized spacial score (nSPS) is 13.6. The van der Waals surface area contributed by atoms with Crippen LogP contribution in [0, 0.1) is 10.1 Å². The summed E-state index contributed by atoms with van der Waals surface area (Å²) in [6, 6.07) is 4.43. The molecule has 1 unspecified atom stereocenters. The van der Waals surface area contributed by atoms with E-state index in [1.807, 2.05) is 0 Å². The first-order valence-corrected chi connectivity index (χ1v) is 4.69. The standard InChI is InChI=1S/C8H5BrF3NO2/c9-7(8(10,11)12)5-2-1-3-6(4-5)13(14)15/h1-4,7H. The van der Waals surface area contributed by atoms with E-state index >= 15 is 0 Å². The van der Waals surface area contributed by atoms with E-state index < -0.39 is 15.9 Å². The van der Waals surface area contributed by atoms with E-state index in [0.717, 1.165) is 12.1 Å². The molecule has 15 heavy (non-hydrogen) atoms. The van der Waals surface area contributed by atoms with Crippen molar-refractivity contribution in [2.24, 2.45) is 0 Å². The van der Waals surface area contributed by atoms with E-state index in [1.165, 1.54) is 12.1 Å². The molecule has 0 bridgehead atoms. The van der Waals surface area contributed by atoms with Gasteiger partial charge in [0.05, 0.1) is 4.92 Å². The molecule has 1 aromatic carbocycles. The van der Waals surface area contributed by atoms with Crippen LogP contribution in [-0.2, 0) is 0 Å². The van der Waals surface area contributed by atoms with Gasteiger partial charge in [0.1, 0.15) is 4.83 Å². The summed E-state index contributed by atoms with van der Waals surface area (Å²) in [6.07, 6.45) is -4.46. The molecule has 0 fully saturated rings. The lowest BCUT2D eigenvalue weighted by molar-refractivity contribution is -0.384. The maximum Gasteiger partial charge on any atom is 0.405 e. The van der Waals surface area contributed by atoms with Crippen LogP contribution in [-0.4, -0.2) is 11.1 Å². The van der Waals surface area contributed by atoms with Gasteiger partial charge in [-0.15, -0.1) is 0 Å². The van der Waals surface area contributed by atoms with Gasteiger partial charge in [-0.3, -0.25) is 10.1 Å². The Morgan fingerprint density at radius 3 is 2.47 bits per heavy atom. The van der Waals surface area contributed by atoms with Crippen molar-refractivity contribution >= 4 is 21.6 Å². The second-order valence-corrected chi connectivity index (χ2v) is 3.67. The highest BCUT2D eigenvalue weighted by Gasteiger charge is 2.39. The molecule has 1 aromatic rings. The minimum absolute atomic E-state index is 0.184. The van der Waals surface area contributed by atoms with Crippen molar-refractivity contribution in [3.63, 3.8) is 0 Å². The smallest absolute Gasteiger partial charge is 0.258 e. The summed E-state index contributed by atoms with van der Waals surface area (Å²) >= 11 is 2.44. The molecule has 0 N–H and O–H groups in total. The van der Waals surface area contributed by atoms with E-state index in [2.05, 4.69) is 15.9 Å². The lowest BCUT2D eigenvalue weighted by Gasteiger charge is -2.13. The Labute approximate surface area is 91.2 Å². The van der Waals surface area contributed by atoms with Crippen molar-refractivity contribution in [1.29, 1.82) is 0 Å². The van der Waals surface area contributed by atoms with Gasteiger partial charge < -0.3 is 0 Å². The molecule has 0 saturated heterocycles. The molecular weight excluding hydrogens is 279 g/mol. The largest absolute Gasteiger partial charge is 0.405 e. The Hall–Kier alpha value is -1.11. The van der Waals surface area contributed by atoms with Crippen molar-refractivity contribution in [3.05, 3.63) is 39.9 Å². The van der Waals surface area contributed by atoms with E-state index in [9.17, 15) is 23.3 Å². The van der Waals surface area contributed by atoms with Crippen LogP contribution in [0.1, 0.15) is 10.4 Å². The van der Waals surface area contributed by atoms with Crippen LogP contribution >= 0.6 is 15.9 Å². The summed E-state index contributed by atoms with van der Waals surface area (Å²) in [4.78, 5) is 7.71. The monoisotopic (exact) mass is 283 g/mol. The number of nitro benzene ring substituents is 1. The van der Waals surface area contributed by atoms with Gasteiger partial charge in [-0.05, 0) is 5.56 Å². The molecule has 1 atom stereocenters. The van der Waals surface area contributed by atoms with Crippen molar-refractivity contribution in [2.45, 2.75) is 11.0 Å². The molecule has 0 aliphatic carbocycles. The Bertz CT molecular complexity index is 380. The SMILES string of the molecule is O=[N+]([O-])c1cccc(C(Br)C(F)(F)F)c1. The molecule has 0 radical (unpaired) electrons. The van der Waals surface area contributed by atoms with Gasteiger partial charge in [0, 0.05) is 12.1 Å². The van der Waals surface area contributed by atoms with E-state index in [0.29, 0.717) is 0 Å². The highest BCUT2D eigenvalue weighted by Crippen LogP contribution is 2.40. The Kier molecular flexibility index (Phi) is 3.33. The minimum atomic E-state index is -4.46. The Morgan fingerprint density at radius 2 is 2.00 bits per heavy atom. The van der Waals surface area contributed by atoms with Gasteiger partial charge in [-0.25, -0.2) is 0 Å². The van der Waals surface area contributed by atoms with Gasteiger partial charge in [0.15, 0.2) is 0 Å².